The molecule has 0 amide bonds. The molecule has 0 aliphatic carbocycles. The molecule has 1 aliphatic heterocycles. The van der Waals surface area contributed by atoms with Crippen LogP contribution < -0.4 is 15.8 Å². The maximum atomic E-state index is 5.86. The van der Waals surface area contributed by atoms with Crippen LogP contribution >= 0.6 is 0 Å². The summed E-state index contributed by atoms with van der Waals surface area (Å²) < 4.78 is 5.86. The molecule has 0 spiro atoms. The molecule has 3 nitrogen and oxygen atoms in total. The largest absolute Gasteiger partial charge is 0.486 e. The van der Waals surface area contributed by atoms with Gasteiger partial charge in [0.2, 0.25) is 0 Å². The van der Waals surface area contributed by atoms with Crippen molar-refractivity contribution in [1.82, 2.24) is 0 Å². The van der Waals surface area contributed by atoms with Crippen molar-refractivity contribution in [1.29, 1.82) is 0 Å². The lowest BCUT2D eigenvalue weighted by Gasteiger charge is -2.28. The summed E-state index contributed by atoms with van der Waals surface area (Å²) in [6.45, 7) is 7.21. The van der Waals surface area contributed by atoms with Crippen LogP contribution in [0.2, 0.25) is 0 Å². The minimum Gasteiger partial charge on any atom is -0.486 e. The summed E-state index contributed by atoms with van der Waals surface area (Å²) >= 11 is 0. The summed E-state index contributed by atoms with van der Waals surface area (Å²) in [6, 6.07) is 3.94. The number of ether oxygens (including phenoxy) is 1. The lowest BCUT2D eigenvalue weighted by atomic mass is 9.99. The molecule has 15 heavy (non-hydrogen) atoms. The first-order valence-electron chi connectivity index (χ1n) is 5.42. The zero-order valence-corrected chi connectivity index (χ0v) is 9.50. The van der Waals surface area contributed by atoms with Gasteiger partial charge in [-0.15, -0.1) is 0 Å². The highest BCUT2D eigenvalue weighted by atomic mass is 16.5. The van der Waals surface area contributed by atoms with Crippen molar-refractivity contribution in [2.45, 2.75) is 32.8 Å². The second-order valence-corrected chi connectivity index (χ2v) is 4.45. The monoisotopic (exact) mass is 206 g/mol. The Morgan fingerprint density at radius 1 is 1.47 bits per heavy atom. The molecular weight excluding hydrogens is 188 g/mol. The Hall–Kier alpha value is -1.38. The van der Waals surface area contributed by atoms with Gasteiger partial charge in [-0.2, -0.15) is 0 Å². The molecule has 1 aromatic carbocycles. The molecule has 1 aromatic rings. The smallest absolute Gasteiger partial charge is 0.146 e. The van der Waals surface area contributed by atoms with Crippen molar-refractivity contribution in [2.24, 2.45) is 0 Å². The van der Waals surface area contributed by atoms with Crippen molar-refractivity contribution in [3.05, 3.63) is 17.7 Å². The Morgan fingerprint density at radius 3 is 2.87 bits per heavy atom. The normalized spacial score (nSPS) is 19.3. The first-order chi connectivity index (χ1) is 7.08. The Labute approximate surface area is 90.6 Å². The topological polar surface area (TPSA) is 47.3 Å². The number of nitrogen functional groups attached to an aromatic ring is 1. The molecular formula is C12H18N2O. The number of nitrogens with one attached hydrogen (secondary N) is 1. The molecule has 3 N–H and O–H groups in total. The maximum absolute atomic E-state index is 5.86. The van der Waals surface area contributed by atoms with E-state index in [0.717, 1.165) is 23.7 Å². The third kappa shape index (κ3) is 1.87. The molecule has 1 heterocycles. The van der Waals surface area contributed by atoms with E-state index in [1.54, 1.807) is 0 Å². The third-order valence-electron chi connectivity index (χ3n) is 2.66. The fraction of sp³-hybridized carbons (Fsp3) is 0.500. The highest BCUT2D eigenvalue weighted by Gasteiger charge is 2.20. The molecule has 1 unspecified atom stereocenters. The number of rotatable bonds is 1. The maximum Gasteiger partial charge on any atom is 0.146 e. The number of fused-ring (bicyclic) bond motifs is 1. The second-order valence-electron chi connectivity index (χ2n) is 4.45. The number of benzene rings is 1. The van der Waals surface area contributed by atoms with Gasteiger partial charge in [0.1, 0.15) is 11.9 Å². The molecule has 0 saturated carbocycles. The highest BCUT2D eigenvalue weighted by Crippen LogP contribution is 2.38. The molecule has 0 saturated heterocycles. The van der Waals surface area contributed by atoms with Crippen LogP contribution in [0.15, 0.2) is 12.1 Å². The van der Waals surface area contributed by atoms with Gasteiger partial charge in [0.05, 0.1) is 12.2 Å². The van der Waals surface area contributed by atoms with Gasteiger partial charge < -0.3 is 15.8 Å². The first kappa shape index (κ1) is 10.1. The number of hydrogen-bond donors (Lipinski definition) is 2. The summed E-state index contributed by atoms with van der Waals surface area (Å²) in [5.74, 6) is 1.40. The van der Waals surface area contributed by atoms with Crippen molar-refractivity contribution in [3.8, 4) is 5.75 Å². The third-order valence-corrected chi connectivity index (χ3v) is 2.66. The second kappa shape index (κ2) is 3.65. The summed E-state index contributed by atoms with van der Waals surface area (Å²) in [5, 5.41) is 3.34. The Kier molecular flexibility index (Phi) is 2.47. The van der Waals surface area contributed by atoms with Crippen LogP contribution in [0, 0.1) is 0 Å². The Morgan fingerprint density at radius 2 is 2.20 bits per heavy atom. The number of hydrogen-bond acceptors (Lipinski definition) is 3. The first-order valence-corrected chi connectivity index (χ1v) is 5.42. The fourth-order valence-electron chi connectivity index (χ4n) is 1.86. The van der Waals surface area contributed by atoms with Crippen LogP contribution in [0.5, 0.6) is 5.75 Å². The zero-order chi connectivity index (χ0) is 11.0. The van der Waals surface area contributed by atoms with Gasteiger partial charge in [0, 0.05) is 11.3 Å². The van der Waals surface area contributed by atoms with Crippen LogP contribution in [0.25, 0.3) is 0 Å². The highest BCUT2D eigenvalue weighted by molar-refractivity contribution is 5.68. The SMILES string of the molecule is CC1CNc2cc(N)cc(C(C)C)c2O1. The van der Waals surface area contributed by atoms with Gasteiger partial charge in [-0.1, -0.05) is 13.8 Å². The quantitative estimate of drug-likeness (QED) is 0.694. The van der Waals surface area contributed by atoms with Crippen molar-refractivity contribution in [3.63, 3.8) is 0 Å². The summed E-state index contributed by atoms with van der Waals surface area (Å²) in [6.07, 6.45) is 0.221. The predicted molar refractivity (Wildman–Crippen MR) is 63.5 cm³/mol. The molecule has 0 radical (unpaired) electrons. The molecule has 82 valence electrons. The molecule has 0 bridgehead atoms. The average molecular weight is 206 g/mol. The average Bonchev–Trinajstić information content (AvgIpc) is 2.17. The lowest BCUT2D eigenvalue weighted by Crippen LogP contribution is -2.28. The van der Waals surface area contributed by atoms with Crippen LogP contribution in [-0.4, -0.2) is 12.6 Å². The Balaban J connectivity index is 2.50. The van der Waals surface area contributed by atoms with E-state index in [0.29, 0.717) is 5.92 Å². The minimum absolute atomic E-state index is 0.221. The standard InChI is InChI=1S/C12H18N2O/c1-7(2)10-4-9(13)5-11-12(10)15-8(3)6-14-11/h4-5,7-8,14H,6,13H2,1-3H3. The summed E-state index contributed by atoms with van der Waals surface area (Å²) in [7, 11) is 0. The minimum atomic E-state index is 0.221. The molecule has 1 atom stereocenters. The van der Waals surface area contributed by atoms with Gasteiger partial charge in [-0.05, 0) is 25.0 Å². The summed E-state index contributed by atoms with van der Waals surface area (Å²) in [5.41, 5.74) is 8.86. The van der Waals surface area contributed by atoms with E-state index >= 15 is 0 Å². The van der Waals surface area contributed by atoms with Gasteiger partial charge in [-0.3, -0.25) is 0 Å². The van der Waals surface area contributed by atoms with Gasteiger partial charge in [0.25, 0.3) is 0 Å². The van der Waals surface area contributed by atoms with E-state index in [1.165, 1.54) is 5.56 Å². The zero-order valence-electron chi connectivity index (χ0n) is 9.50. The fourth-order valence-corrected chi connectivity index (χ4v) is 1.86. The molecule has 1 aliphatic rings. The van der Waals surface area contributed by atoms with E-state index in [1.807, 2.05) is 12.1 Å². The lowest BCUT2D eigenvalue weighted by molar-refractivity contribution is 0.223. The molecule has 0 aromatic heterocycles. The van der Waals surface area contributed by atoms with E-state index in [2.05, 4.69) is 26.1 Å². The predicted octanol–water partition coefficient (Wildman–Crippen LogP) is 2.59. The van der Waals surface area contributed by atoms with E-state index in [4.69, 9.17) is 10.5 Å². The summed E-state index contributed by atoms with van der Waals surface area (Å²) in [4.78, 5) is 0. The van der Waals surface area contributed by atoms with Crippen LogP contribution in [-0.2, 0) is 0 Å². The van der Waals surface area contributed by atoms with Gasteiger partial charge >= 0.3 is 0 Å². The molecule has 0 fully saturated rings. The van der Waals surface area contributed by atoms with Gasteiger partial charge in [-0.25, -0.2) is 0 Å². The van der Waals surface area contributed by atoms with Crippen molar-refractivity contribution >= 4 is 11.4 Å². The van der Waals surface area contributed by atoms with Crippen molar-refractivity contribution in [2.75, 3.05) is 17.6 Å². The number of nitrogens with two attached hydrogens (primary N) is 1. The van der Waals surface area contributed by atoms with E-state index < -0.39 is 0 Å². The molecule has 3 heteroatoms. The number of anilines is 2. The molecule has 2 rings (SSSR count). The van der Waals surface area contributed by atoms with E-state index in [-0.39, 0.29) is 6.10 Å². The van der Waals surface area contributed by atoms with Crippen LogP contribution in [0.4, 0.5) is 11.4 Å². The van der Waals surface area contributed by atoms with Crippen LogP contribution in [0.1, 0.15) is 32.3 Å². The van der Waals surface area contributed by atoms with E-state index in [9.17, 15) is 0 Å². The van der Waals surface area contributed by atoms with Crippen molar-refractivity contribution < 1.29 is 4.74 Å². The van der Waals surface area contributed by atoms with Crippen LogP contribution in [0.3, 0.4) is 0 Å². The Bertz CT molecular complexity index is 374. The van der Waals surface area contributed by atoms with Gasteiger partial charge in [0.15, 0.2) is 0 Å².